The second kappa shape index (κ2) is 6.56. The number of methoxy groups -OCH3 is 2. The molecular formula is C14H16N4O3. The lowest BCUT2D eigenvalue weighted by molar-refractivity contribution is 0.0950. The molecule has 0 saturated heterocycles. The number of ether oxygens (including phenoxy) is 2. The van der Waals surface area contributed by atoms with E-state index in [0.29, 0.717) is 17.1 Å². The van der Waals surface area contributed by atoms with Gasteiger partial charge in [0.1, 0.15) is 11.5 Å². The second-order valence-corrected chi connectivity index (χ2v) is 4.24. The highest BCUT2D eigenvalue weighted by molar-refractivity contribution is 5.93. The molecule has 7 nitrogen and oxygen atoms in total. The number of amides is 1. The zero-order chi connectivity index (χ0) is 15.2. The van der Waals surface area contributed by atoms with Crippen molar-refractivity contribution in [2.24, 2.45) is 5.10 Å². The van der Waals surface area contributed by atoms with Crippen molar-refractivity contribution in [3.63, 3.8) is 0 Å². The van der Waals surface area contributed by atoms with Crippen LogP contribution in [0.5, 0.6) is 11.5 Å². The van der Waals surface area contributed by atoms with Gasteiger partial charge in [-0.25, -0.2) is 5.43 Å². The van der Waals surface area contributed by atoms with Gasteiger partial charge in [-0.2, -0.15) is 10.2 Å². The predicted molar refractivity (Wildman–Crippen MR) is 77.9 cm³/mol. The molecule has 2 rings (SSSR count). The molecule has 7 heteroatoms. The smallest absolute Gasteiger partial charge is 0.291 e. The van der Waals surface area contributed by atoms with Crippen molar-refractivity contribution in [1.82, 2.24) is 15.6 Å². The third-order valence-corrected chi connectivity index (χ3v) is 2.75. The molecule has 0 radical (unpaired) electrons. The van der Waals surface area contributed by atoms with Crippen LogP contribution in [0.25, 0.3) is 0 Å². The number of nitrogens with one attached hydrogen (secondary N) is 2. The monoisotopic (exact) mass is 288 g/mol. The lowest BCUT2D eigenvalue weighted by Crippen LogP contribution is -2.18. The van der Waals surface area contributed by atoms with E-state index in [0.717, 1.165) is 5.69 Å². The third-order valence-electron chi connectivity index (χ3n) is 2.75. The number of rotatable bonds is 5. The Morgan fingerprint density at radius 2 is 2.14 bits per heavy atom. The van der Waals surface area contributed by atoms with Crippen molar-refractivity contribution >= 4 is 12.1 Å². The molecule has 2 N–H and O–H groups in total. The summed E-state index contributed by atoms with van der Waals surface area (Å²) in [6.45, 7) is 1.81. The van der Waals surface area contributed by atoms with Gasteiger partial charge in [0, 0.05) is 11.3 Å². The number of aromatic nitrogens is 2. The van der Waals surface area contributed by atoms with E-state index >= 15 is 0 Å². The average Bonchev–Trinajstić information content (AvgIpc) is 2.93. The molecule has 110 valence electrons. The van der Waals surface area contributed by atoms with Crippen molar-refractivity contribution in [3.05, 3.63) is 41.2 Å². The third kappa shape index (κ3) is 3.59. The molecule has 0 saturated carbocycles. The summed E-state index contributed by atoms with van der Waals surface area (Å²) in [5.41, 5.74) is 4.18. The van der Waals surface area contributed by atoms with E-state index in [1.165, 1.54) is 6.21 Å². The Labute approximate surface area is 122 Å². The minimum absolute atomic E-state index is 0.280. The van der Waals surface area contributed by atoms with Crippen LogP contribution in [0.3, 0.4) is 0 Å². The number of benzene rings is 1. The summed E-state index contributed by atoms with van der Waals surface area (Å²) in [7, 11) is 3.13. The molecule has 0 fully saturated rings. The molecule has 0 aliphatic rings. The van der Waals surface area contributed by atoms with E-state index in [9.17, 15) is 4.79 Å². The molecule has 1 amide bonds. The summed E-state index contributed by atoms with van der Waals surface area (Å²) < 4.78 is 10.3. The number of carbonyl (C=O) groups is 1. The molecule has 2 aromatic rings. The molecule has 0 spiro atoms. The summed E-state index contributed by atoms with van der Waals surface area (Å²) >= 11 is 0. The van der Waals surface area contributed by atoms with Gasteiger partial charge in [-0.05, 0) is 31.2 Å². The van der Waals surface area contributed by atoms with Crippen molar-refractivity contribution in [2.45, 2.75) is 6.92 Å². The summed E-state index contributed by atoms with van der Waals surface area (Å²) in [6, 6.07) is 6.94. The van der Waals surface area contributed by atoms with E-state index in [2.05, 4.69) is 20.7 Å². The number of hydrogen-bond donors (Lipinski definition) is 2. The average molecular weight is 288 g/mol. The molecule has 0 aliphatic heterocycles. The normalized spacial score (nSPS) is 10.6. The molecule has 0 unspecified atom stereocenters. The quantitative estimate of drug-likeness (QED) is 0.644. The summed E-state index contributed by atoms with van der Waals surface area (Å²) in [6.07, 6.45) is 1.48. The Hall–Kier alpha value is -2.83. The lowest BCUT2D eigenvalue weighted by Gasteiger charge is -2.06. The fourth-order valence-corrected chi connectivity index (χ4v) is 1.69. The van der Waals surface area contributed by atoms with Gasteiger partial charge in [0.2, 0.25) is 0 Å². The Morgan fingerprint density at radius 3 is 2.76 bits per heavy atom. The van der Waals surface area contributed by atoms with E-state index in [4.69, 9.17) is 9.47 Å². The molecule has 0 atom stereocenters. The predicted octanol–water partition coefficient (Wildman–Crippen LogP) is 1.50. The highest BCUT2D eigenvalue weighted by atomic mass is 16.5. The minimum Gasteiger partial charge on any atom is -0.497 e. The molecule has 1 aromatic carbocycles. The van der Waals surface area contributed by atoms with Gasteiger partial charge < -0.3 is 9.47 Å². The van der Waals surface area contributed by atoms with Gasteiger partial charge in [0.05, 0.1) is 20.4 Å². The van der Waals surface area contributed by atoms with Crippen molar-refractivity contribution in [1.29, 1.82) is 0 Å². The summed E-state index contributed by atoms with van der Waals surface area (Å²) in [4.78, 5) is 11.8. The zero-order valence-corrected chi connectivity index (χ0v) is 12.0. The second-order valence-electron chi connectivity index (χ2n) is 4.24. The van der Waals surface area contributed by atoms with Gasteiger partial charge in [-0.3, -0.25) is 9.89 Å². The topological polar surface area (TPSA) is 88.6 Å². The van der Waals surface area contributed by atoms with E-state index in [-0.39, 0.29) is 5.69 Å². The first-order valence-corrected chi connectivity index (χ1v) is 6.21. The number of aryl methyl sites for hydroxylation is 1. The number of hydrogen-bond acceptors (Lipinski definition) is 5. The maximum atomic E-state index is 11.8. The van der Waals surface area contributed by atoms with E-state index in [1.54, 1.807) is 38.5 Å². The maximum Gasteiger partial charge on any atom is 0.291 e. The summed E-state index contributed by atoms with van der Waals surface area (Å²) in [5.74, 6) is 0.911. The molecule has 0 aliphatic carbocycles. The molecule has 0 bridgehead atoms. The Kier molecular flexibility index (Phi) is 4.55. The molecule has 1 heterocycles. The van der Waals surface area contributed by atoms with Gasteiger partial charge in [-0.1, -0.05) is 0 Å². The lowest BCUT2D eigenvalue weighted by atomic mass is 10.2. The zero-order valence-electron chi connectivity index (χ0n) is 12.0. The first-order chi connectivity index (χ1) is 10.1. The Morgan fingerprint density at radius 1 is 1.33 bits per heavy atom. The van der Waals surface area contributed by atoms with Crippen molar-refractivity contribution < 1.29 is 14.3 Å². The van der Waals surface area contributed by atoms with Gasteiger partial charge >= 0.3 is 0 Å². The van der Waals surface area contributed by atoms with Gasteiger partial charge in [0.15, 0.2) is 5.69 Å². The van der Waals surface area contributed by atoms with Gasteiger partial charge in [0.25, 0.3) is 5.91 Å². The summed E-state index contributed by atoms with van der Waals surface area (Å²) in [5, 5.41) is 10.4. The van der Waals surface area contributed by atoms with Crippen LogP contribution in [-0.2, 0) is 0 Å². The van der Waals surface area contributed by atoms with Gasteiger partial charge in [-0.15, -0.1) is 0 Å². The van der Waals surface area contributed by atoms with Crippen LogP contribution in [0.15, 0.2) is 29.4 Å². The van der Waals surface area contributed by atoms with Crippen molar-refractivity contribution in [2.75, 3.05) is 14.2 Å². The maximum absolute atomic E-state index is 11.8. The molecular weight excluding hydrogens is 272 g/mol. The van der Waals surface area contributed by atoms with E-state index in [1.807, 2.05) is 6.92 Å². The van der Waals surface area contributed by atoms with Crippen LogP contribution < -0.4 is 14.9 Å². The van der Waals surface area contributed by atoms with Crippen LogP contribution in [0, 0.1) is 6.92 Å². The number of carbonyl (C=O) groups excluding carboxylic acids is 1. The Bertz CT molecular complexity index is 664. The fourth-order valence-electron chi connectivity index (χ4n) is 1.69. The fraction of sp³-hybridized carbons (Fsp3) is 0.214. The SMILES string of the molecule is COc1ccc(OC)c(C=NNC(=O)c2cc(C)[nH]n2)c1. The van der Waals surface area contributed by atoms with Crippen LogP contribution in [0.4, 0.5) is 0 Å². The first-order valence-electron chi connectivity index (χ1n) is 6.21. The Balaban J connectivity index is 2.08. The molecule has 21 heavy (non-hydrogen) atoms. The number of H-pyrrole nitrogens is 1. The largest absolute Gasteiger partial charge is 0.497 e. The van der Waals surface area contributed by atoms with Crippen LogP contribution in [0.1, 0.15) is 21.7 Å². The number of nitrogens with zero attached hydrogens (tertiary/aromatic N) is 2. The molecule has 1 aromatic heterocycles. The van der Waals surface area contributed by atoms with Crippen molar-refractivity contribution in [3.8, 4) is 11.5 Å². The highest BCUT2D eigenvalue weighted by Gasteiger charge is 2.08. The number of hydrazone groups is 1. The highest BCUT2D eigenvalue weighted by Crippen LogP contribution is 2.22. The van der Waals surface area contributed by atoms with Crippen LogP contribution >= 0.6 is 0 Å². The first kappa shape index (κ1) is 14.6. The van der Waals surface area contributed by atoms with Crippen LogP contribution in [-0.4, -0.2) is 36.5 Å². The van der Waals surface area contributed by atoms with E-state index < -0.39 is 5.91 Å². The minimum atomic E-state index is -0.391. The standard InChI is InChI=1S/C14H16N4O3/c1-9-6-12(17-16-9)14(19)18-15-8-10-7-11(20-2)4-5-13(10)21-3/h4-8H,1-3H3,(H,16,17)(H,18,19). The number of aromatic amines is 1. The van der Waals surface area contributed by atoms with Crippen LogP contribution in [0.2, 0.25) is 0 Å².